The van der Waals surface area contributed by atoms with Crippen LogP contribution < -0.4 is 5.32 Å². The van der Waals surface area contributed by atoms with Crippen LogP contribution in [0.15, 0.2) is 12.1 Å². The molecule has 0 aliphatic carbocycles. The molecular formula is C17H28ClN. The molecule has 0 saturated carbocycles. The number of halogens is 1. The van der Waals surface area contributed by atoms with Gasteiger partial charge in [-0.25, -0.2) is 0 Å². The number of rotatable bonds is 9. The summed E-state index contributed by atoms with van der Waals surface area (Å²) >= 11 is 6.29. The Balaban J connectivity index is 2.17. The first-order valence-corrected chi connectivity index (χ1v) is 7.99. The van der Waals surface area contributed by atoms with Crippen molar-refractivity contribution in [3.05, 3.63) is 33.8 Å². The van der Waals surface area contributed by atoms with Crippen LogP contribution in [0.2, 0.25) is 5.02 Å². The fraction of sp³-hybridized carbons (Fsp3) is 0.647. The van der Waals surface area contributed by atoms with Crippen molar-refractivity contribution in [1.29, 1.82) is 0 Å². The highest BCUT2D eigenvalue weighted by Crippen LogP contribution is 2.22. The van der Waals surface area contributed by atoms with Gasteiger partial charge < -0.3 is 5.32 Å². The minimum absolute atomic E-state index is 0.938. The first kappa shape index (κ1) is 16.5. The Bertz CT molecular complexity index is 374. The van der Waals surface area contributed by atoms with Gasteiger partial charge in [0.25, 0.3) is 0 Å². The molecular weight excluding hydrogens is 254 g/mol. The van der Waals surface area contributed by atoms with Gasteiger partial charge in [-0.2, -0.15) is 0 Å². The van der Waals surface area contributed by atoms with Gasteiger partial charge in [0.05, 0.1) is 0 Å². The van der Waals surface area contributed by atoms with Crippen LogP contribution in [0, 0.1) is 13.8 Å². The van der Waals surface area contributed by atoms with Gasteiger partial charge in [0.15, 0.2) is 0 Å². The maximum atomic E-state index is 6.29. The number of nitrogens with one attached hydrogen (secondary N) is 1. The summed E-state index contributed by atoms with van der Waals surface area (Å²) in [5.41, 5.74) is 3.95. The molecule has 0 fully saturated rings. The van der Waals surface area contributed by atoms with Gasteiger partial charge in [0.1, 0.15) is 0 Å². The first-order valence-electron chi connectivity index (χ1n) is 7.61. The second-order valence-electron chi connectivity index (χ2n) is 5.44. The van der Waals surface area contributed by atoms with Gasteiger partial charge in [0.2, 0.25) is 0 Å². The van der Waals surface area contributed by atoms with Crippen molar-refractivity contribution in [3.8, 4) is 0 Å². The van der Waals surface area contributed by atoms with E-state index in [2.05, 4.69) is 38.2 Å². The zero-order chi connectivity index (χ0) is 14.1. The largest absolute Gasteiger partial charge is 0.317 e. The van der Waals surface area contributed by atoms with Crippen LogP contribution in [0.4, 0.5) is 0 Å². The molecule has 0 heterocycles. The normalized spacial score (nSPS) is 10.9. The highest BCUT2D eigenvalue weighted by Gasteiger charge is 2.03. The second kappa shape index (κ2) is 9.39. The van der Waals surface area contributed by atoms with Crippen molar-refractivity contribution < 1.29 is 0 Å². The van der Waals surface area contributed by atoms with Crippen LogP contribution in [0.5, 0.6) is 0 Å². The summed E-state index contributed by atoms with van der Waals surface area (Å²) in [6.07, 6.45) is 7.50. The van der Waals surface area contributed by atoms with Gasteiger partial charge in [0, 0.05) is 5.02 Å². The molecule has 0 spiro atoms. The maximum Gasteiger partial charge on any atom is 0.0440 e. The quantitative estimate of drug-likeness (QED) is 0.624. The lowest BCUT2D eigenvalue weighted by Gasteiger charge is -2.08. The van der Waals surface area contributed by atoms with E-state index < -0.39 is 0 Å². The first-order chi connectivity index (χ1) is 9.15. The van der Waals surface area contributed by atoms with Crippen molar-refractivity contribution in [2.45, 2.75) is 59.3 Å². The Labute approximate surface area is 123 Å². The summed E-state index contributed by atoms with van der Waals surface area (Å²) in [6, 6.07) is 4.35. The van der Waals surface area contributed by atoms with E-state index in [0.717, 1.165) is 24.5 Å². The van der Waals surface area contributed by atoms with Crippen LogP contribution in [0.3, 0.4) is 0 Å². The zero-order valence-corrected chi connectivity index (χ0v) is 13.4. The van der Waals surface area contributed by atoms with Crippen LogP contribution in [0.25, 0.3) is 0 Å². The lowest BCUT2D eigenvalue weighted by molar-refractivity contribution is 0.584. The Hall–Kier alpha value is -0.530. The molecule has 0 unspecified atom stereocenters. The van der Waals surface area contributed by atoms with E-state index in [-0.39, 0.29) is 0 Å². The number of unbranched alkanes of at least 4 members (excludes halogenated alkanes) is 3. The van der Waals surface area contributed by atoms with Crippen molar-refractivity contribution >= 4 is 11.6 Å². The molecule has 0 amide bonds. The predicted molar refractivity (Wildman–Crippen MR) is 86.3 cm³/mol. The molecule has 0 radical (unpaired) electrons. The molecule has 1 nitrogen and oxygen atoms in total. The smallest absolute Gasteiger partial charge is 0.0440 e. The molecule has 2 heteroatoms. The number of benzene rings is 1. The van der Waals surface area contributed by atoms with Crippen LogP contribution >= 0.6 is 11.6 Å². The van der Waals surface area contributed by atoms with Gasteiger partial charge >= 0.3 is 0 Å². The third-order valence-corrected chi connectivity index (χ3v) is 3.99. The number of hydrogen-bond donors (Lipinski definition) is 1. The zero-order valence-electron chi connectivity index (χ0n) is 12.7. The predicted octanol–water partition coefficient (Wildman–Crippen LogP) is 5.06. The summed E-state index contributed by atoms with van der Waals surface area (Å²) in [5.74, 6) is 0. The highest BCUT2D eigenvalue weighted by atomic mass is 35.5. The van der Waals surface area contributed by atoms with Crippen LogP contribution in [-0.2, 0) is 6.42 Å². The van der Waals surface area contributed by atoms with E-state index in [4.69, 9.17) is 11.6 Å². The van der Waals surface area contributed by atoms with Crippen molar-refractivity contribution in [1.82, 2.24) is 5.32 Å². The Morgan fingerprint density at radius 2 is 1.63 bits per heavy atom. The average Bonchev–Trinajstić information content (AvgIpc) is 2.38. The Kier molecular flexibility index (Phi) is 8.16. The van der Waals surface area contributed by atoms with E-state index in [9.17, 15) is 0 Å². The molecule has 0 atom stereocenters. The van der Waals surface area contributed by atoms with Crippen LogP contribution in [0.1, 0.15) is 55.7 Å². The summed E-state index contributed by atoms with van der Waals surface area (Å²) in [7, 11) is 0. The maximum absolute atomic E-state index is 6.29. The Morgan fingerprint density at radius 1 is 0.947 bits per heavy atom. The summed E-state index contributed by atoms with van der Waals surface area (Å²) in [6.45, 7) is 8.81. The van der Waals surface area contributed by atoms with Gasteiger partial charge in [-0.15, -0.1) is 0 Å². The second-order valence-corrected chi connectivity index (χ2v) is 5.85. The molecule has 1 aromatic carbocycles. The van der Waals surface area contributed by atoms with E-state index in [1.54, 1.807) is 0 Å². The molecule has 0 aromatic heterocycles. The van der Waals surface area contributed by atoms with E-state index in [0.29, 0.717) is 0 Å². The molecule has 19 heavy (non-hydrogen) atoms. The van der Waals surface area contributed by atoms with Crippen LogP contribution in [-0.4, -0.2) is 13.1 Å². The third-order valence-electron chi connectivity index (χ3n) is 3.64. The SMILES string of the molecule is CCCNCCCCCCc1cc(C)c(C)cc1Cl. The number of hydrogen-bond acceptors (Lipinski definition) is 1. The third kappa shape index (κ3) is 6.44. The van der Waals surface area contributed by atoms with Gasteiger partial charge in [-0.1, -0.05) is 37.4 Å². The molecule has 1 aromatic rings. The standard InChI is InChI=1S/C17H28ClN/c1-4-10-19-11-8-6-5-7-9-16-12-14(2)15(3)13-17(16)18/h12-13,19H,4-11H2,1-3H3. The molecule has 1 N–H and O–H groups in total. The molecule has 0 bridgehead atoms. The Morgan fingerprint density at radius 3 is 2.37 bits per heavy atom. The van der Waals surface area contributed by atoms with Gasteiger partial charge in [-0.3, -0.25) is 0 Å². The molecule has 0 aliphatic rings. The van der Waals surface area contributed by atoms with Crippen molar-refractivity contribution in [3.63, 3.8) is 0 Å². The average molecular weight is 282 g/mol. The lowest BCUT2D eigenvalue weighted by atomic mass is 10.0. The molecule has 108 valence electrons. The minimum atomic E-state index is 0.938. The van der Waals surface area contributed by atoms with E-state index in [1.807, 2.05) is 0 Å². The monoisotopic (exact) mass is 281 g/mol. The van der Waals surface area contributed by atoms with Gasteiger partial charge in [-0.05, 0) is 75.4 Å². The number of aryl methyl sites for hydroxylation is 3. The molecule has 1 rings (SSSR count). The highest BCUT2D eigenvalue weighted by molar-refractivity contribution is 6.31. The molecule has 0 aliphatic heterocycles. The summed E-state index contributed by atoms with van der Waals surface area (Å²) in [5, 5.41) is 4.38. The fourth-order valence-electron chi connectivity index (χ4n) is 2.25. The van der Waals surface area contributed by atoms with Crippen molar-refractivity contribution in [2.24, 2.45) is 0 Å². The van der Waals surface area contributed by atoms with E-state index in [1.165, 1.54) is 48.8 Å². The van der Waals surface area contributed by atoms with E-state index >= 15 is 0 Å². The lowest BCUT2D eigenvalue weighted by Crippen LogP contribution is -2.15. The summed E-state index contributed by atoms with van der Waals surface area (Å²) in [4.78, 5) is 0. The topological polar surface area (TPSA) is 12.0 Å². The minimum Gasteiger partial charge on any atom is -0.317 e. The van der Waals surface area contributed by atoms with Crippen molar-refractivity contribution in [2.75, 3.05) is 13.1 Å². The fourth-order valence-corrected chi connectivity index (χ4v) is 2.57. The summed E-state index contributed by atoms with van der Waals surface area (Å²) < 4.78 is 0. The molecule has 0 saturated heterocycles.